The number of benzene rings is 2. The molecule has 0 spiro atoms. The second kappa shape index (κ2) is 7.38. The molecule has 1 aromatic heterocycles. The molecular formula is C20H18F2N4O2. The normalized spacial score (nSPS) is 14.3. The summed E-state index contributed by atoms with van der Waals surface area (Å²) in [5, 5.41) is 18.1. The molecule has 1 amide bonds. The standard InChI is InChI=1S/C20H18F2N4O2/c21-14-8-13(9-15(22)10-14)18-12-26(24-23-18)16-4-5-19(27)17(11-16)20(28)25-6-2-1-3-7-25/h4-5,8-12,27H,1-3,6-7H2. The number of phenolic OH excluding ortho intramolecular Hbond substituents is 1. The third-order valence-electron chi connectivity index (χ3n) is 4.77. The highest BCUT2D eigenvalue weighted by atomic mass is 19.1. The maximum absolute atomic E-state index is 13.4. The Morgan fingerprint density at radius 2 is 1.71 bits per heavy atom. The van der Waals surface area contributed by atoms with Gasteiger partial charge in [0, 0.05) is 24.7 Å². The Bertz CT molecular complexity index is 1010. The van der Waals surface area contributed by atoms with Gasteiger partial charge in [-0.3, -0.25) is 4.79 Å². The summed E-state index contributed by atoms with van der Waals surface area (Å²) in [6, 6.07) is 7.67. The third kappa shape index (κ3) is 3.58. The van der Waals surface area contributed by atoms with Gasteiger partial charge in [0.15, 0.2) is 0 Å². The van der Waals surface area contributed by atoms with Gasteiger partial charge < -0.3 is 10.0 Å². The van der Waals surface area contributed by atoms with Crippen molar-refractivity contribution < 1.29 is 18.7 Å². The lowest BCUT2D eigenvalue weighted by Gasteiger charge is -2.27. The average molecular weight is 384 g/mol. The number of carbonyl (C=O) groups is 1. The number of halogens is 2. The van der Waals surface area contributed by atoms with E-state index < -0.39 is 11.6 Å². The van der Waals surface area contributed by atoms with Gasteiger partial charge >= 0.3 is 0 Å². The minimum atomic E-state index is -0.705. The fraction of sp³-hybridized carbons (Fsp3) is 0.250. The maximum Gasteiger partial charge on any atom is 0.257 e. The zero-order valence-corrected chi connectivity index (χ0v) is 15.0. The maximum atomic E-state index is 13.4. The van der Waals surface area contributed by atoms with E-state index in [0.29, 0.717) is 18.8 Å². The van der Waals surface area contributed by atoms with E-state index in [1.807, 2.05) is 0 Å². The first kappa shape index (κ1) is 18.1. The quantitative estimate of drug-likeness (QED) is 0.750. The monoisotopic (exact) mass is 384 g/mol. The van der Waals surface area contributed by atoms with E-state index in [0.717, 1.165) is 25.3 Å². The van der Waals surface area contributed by atoms with Crippen molar-refractivity contribution >= 4 is 5.91 Å². The molecule has 1 saturated heterocycles. The Morgan fingerprint density at radius 3 is 2.43 bits per heavy atom. The topological polar surface area (TPSA) is 71.2 Å². The lowest BCUT2D eigenvalue weighted by molar-refractivity contribution is 0.0721. The van der Waals surface area contributed by atoms with E-state index >= 15 is 0 Å². The molecular weight excluding hydrogens is 366 g/mol. The van der Waals surface area contributed by atoms with Gasteiger partial charge in [-0.25, -0.2) is 13.5 Å². The highest BCUT2D eigenvalue weighted by Crippen LogP contribution is 2.25. The van der Waals surface area contributed by atoms with Crippen molar-refractivity contribution in [3.05, 3.63) is 59.8 Å². The first-order chi connectivity index (χ1) is 13.5. The summed E-state index contributed by atoms with van der Waals surface area (Å²) >= 11 is 0. The third-order valence-corrected chi connectivity index (χ3v) is 4.77. The molecule has 0 radical (unpaired) electrons. The van der Waals surface area contributed by atoms with Crippen molar-refractivity contribution in [2.75, 3.05) is 13.1 Å². The summed E-state index contributed by atoms with van der Waals surface area (Å²) in [7, 11) is 0. The molecule has 144 valence electrons. The highest BCUT2D eigenvalue weighted by molar-refractivity contribution is 5.97. The fourth-order valence-corrected chi connectivity index (χ4v) is 3.33. The van der Waals surface area contributed by atoms with Gasteiger partial charge in [-0.2, -0.15) is 0 Å². The molecule has 1 aliphatic heterocycles. The Morgan fingerprint density at radius 1 is 1.00 bits per heavy atom. The Balaban J connectivity index is 1.65. The number of rotatable bonds is 3. The van der Waals surface area contributed by atoms with Gasteiger partial charge in [0.2, 0.25) is 0 Å². The number of aromatic nitrogens is 3. The van der Waals surface area contributed by atoms with Crippen LogP contribution in [0.4, 0.5) is 8.78 Å². The van der Waals surface area contributed by atoms with Crippen molar-refractivity contribution in [2.45, 2.75) is 19.3 Å². The first-order valence-electron chi connectivity index (χ1n) is 9.03. The van der Waals surface area contributed by atoms with Crippen LogP contribution in [-0.2, 0) is 0 Å². The molecule has 0 unspecified atom stereocenters. The molecule has 1 fully saturated rings. The summed E-state index contributed by atoms with van der Waals surface area (Å²) in [5.41, 5.74) is 1.24. The summed E-state index contributed by atoms with van der Waals surface area (Å²) in [4.78, 5) is 14.5. The van der Waals surface area contributed by atoms with E-state index in [2.05, 4.69) is 10.3 Å². The van der Waals surface area contributed by atoms with Crippen LogP contribution in [-0.4, -0.2) is 44.0 Å². The SMILES string of the molecule is O=C(c1cc(-n2cc(-c3cc(F)cc(F)c3)nn2)ccc1O)N1CCCCC1. The predicted molar refractivity (Wildman–Crippen MR) is 98.1 cm³/mol. The van der Waals surface area contributed by atoms with Crippen LogP contribution in [0.3, 0.4) is 0 Å². The van der Waals surface area contributed by atoms with E-state index in [4.69, 9.17) is 0 Å². The van der Waals surface area contributed by atoms with Gasteiger partial charge in [-0.05, 0) is 49.6 Å². The highest BCUT2D eigenvalue weighted by Gasteiger charge is 2.21. The second-order valence-corrected chi connectivity index (χ2v) is 6.76. The van der Waals surface area contributed by atoms with E-state index in [9.17, 15) is 18.7 Å². The van der Waals surface area contributed by atoms with Crippen LogP contribution in [0.15, 0.2) is 42.6 Å². The molecule has 0 aliphatic carbocycles. The number of hydrogen-bond donors (Lipinski definition) is 1. The van der Waals surface area contributed by atoms with Gasteiger partial charge in [-0.1, -0.05) is 5.21 Å². The lowest BCUT2D eigenvalue weighted by atomic mass is 10.1. The molecule has 6 nitrogen and oxygen atoms in total. The number of hydrogen-bond acceptors (Lipinski definition) is 4. The lowest BCUT2D eigenvalue weighted by Crippen LogP contribution is -2.35. The molecule has 2 heterocycles. The molecule has 1 N–H and O–H groups in total. The molecule has 4 rings (SSSR count). The number of aromatic hydroxyl groups is 1. The van der Waals surface area contributed by atoms with E-state index in [1.54, 1.807) is 11.0 Å². The van der Waals surface area contributed by atoms with E-state index in [-0.39, 0.29) is 28.5 Å². The summed E-state index contributed by atoms with van der Waals surface area (Å²) in [5.74, 6) is -1.74. The molecule has 0 atom stereocenters. The molecule has 0 saturated carbocycles. The Hall–Kier alpha value is -3.29. The van der Waals surface area contributed by atoms with Crippen molar-refractivity contribution in [3.8, 4) is 22.7 Å². The minimum Gasteiger partial charge on any atom is -0.507 e. The number of carbonyl (C=O) groups excluding carboxylic acids is 1. The van der Waals surface area contributed by atoms with Crippen LogP contribution >= 0.6 is 0 Å². The number of amides is 1. The van der Waals surface area contributed by atoms with Crippen LogP contribution in [0.1, 0.15) is 29.6 Å². The fourth-order valence-electron chi connectivity index (χ4n) is 3.33. The van der Waals surface area contributed by atoms with Gasteiger partial charge in [0.25, 0.3) is 5.91 Å². The summed E-state index contributed by atoms with van der Waals surface area (Å²) < 4.78 is 28.3. The van der Waals surface area contributed by atoms with Crippen molar-refractivity contribution in [1.82, 2.24) is 19.9 Å². The molecule has 8 heteroatoms. The zero-order chi connectivity index (χ0) is 19.7. The number of likely N-dealkylation sites (tertiary alicyclic amines) is 1. The van der Waals surface area contributed by atoms with Gasteiger partial charge in [0.1, 0.15) is 23.1 Å². The van der Waals surface area contributed by atoms with Crippen LogP contribution in [0.2, 0.25) is 0 Å². The smallest absolute Gasteiger partial charge is 0.257 e. The van der Waals surface area contributed by atoms with Gasteiger partial charge in [-0.15, -0.1) is 5.10 Å². The minimum absolute atomic E-state index is 0.105. The number of phenols is 1. The van der Waals surface area contributed by atoms with Crippen molar-refractivity contribution in [1.29, 1.82) is 0 Å². The zero-order valence-electron chi connectivity index (χ0n) is 15.0. The Kier molecular flexibility index (Phi) is 4.77. The molecule has 2 aromatic carbocycles. The largest absolute Gasteiger partial charge is 0.507 e. The predicted octanol–water partition coefficient (Wildman–Crippen LogP) is 3.54. The first-order valence-corrected chi connectivity index (χ1v) is 9.03. The molecule has 1 aliphatic rings. The summed E-state index contributed by atoms with van der Waals surface area (Å²) in [6.07, 6.45) is 4.50. The van der Waals surface area contributed by atoms with Crippen LogP contribution in [0.25, 0.3) is 16.9 Å². The summed E-state index contributed by atoms with van der Waals surface area (Å²) in [6.45, 7) is 1.34. The van der Waals surface area contributed by atoms with Crippen LogP contribution in [0, 0.1) is 11.6 Å². The number of piperidine rings is 1. The molecule has 28 heavy (non-hydrogen) atoms. The van der Waals surface area contributed by atoms with Crippen LogP contribution < -0.4 is 0 Å². The molecule has 0 bridgehead atoms. The second-order valence-electron chi connectivity index (χ2n) is 6.76. The number of nitrogens with zero attached hydrogens (tertiary/aromatic N) is 4. The van der Waals surface area contributed by atoms with Crippen LogP contribution in [0.5, 0.6) is 5.75 Å². The van der Waals surface area contributed by atoms with Crippen molar-refractivity contribution in [2.24, 2.45) is 0 Å². The van der Waals surface area contributed by atoms with E-state index in [1.165, 1.54) is 35.1 Å². The average Bonchev–Trinajstić information content (AvgIpc) is 3.18. The van der Waals surface area contributed by atoms with Gasteiger partial charge in [0.05, 0.1) is 17.4 Å². The Labute approximate surface area is 160 Å². The molecule has 3 aromatic rings. The van der Waals surface area contributed by atoms with Crippen molar-refractivity contribution in [3.63, 3.8) is 0 Å².